The van der Waals surface area contributed by atoms with Gasteiger partial charge in [0.05, 0.1) is 22.5 Å². The van der Waals surface area contributed by atoms with Crippen molar-refractivity contribution in [2.24, 2.45) is 11.8 Å². The topological polar surface area (TPSA) is 131 Å². The highest BCUT2D eigenvalue weighted by atomic mass is 35.5. The number of hydrogen-bond acceptors (Lipinski definition) is 8. The van der Waals surface area contributed by atoms with Crippen LogP contribution in [-0.2, 0) is 19.9 Å². The van der Waals surface area contributed by atoms with Gasteiger partial charge in [-0.25, -0.2) is 9.18 Å². The molecule has 276 valence electrons. The fraction of sp³-hybridized carbons (Fsp3) is 0.400. The molecule has 4 aliphatic rings. The number of carbonyl (C=O) groups excluding carboxylic acids is 3. The molecule has 3 aromatic rings. The largest absolute Gasteiger partial charge is 0.573 e. The molecular weight excluding hydrogens is 735 g/mol. The average Bonchev–Trinajstić information content (AvgIpc) is 3.77. The monoisotopic (exact) mass is 766 g/mol. The van der Waals surface area contributed by atoms with Crippen molar-refractivity contribution in [2.75, 3.05) is 29.9 Å². The van der Waals surface area contributed by atoms with E-state index in [-0.39, 0.29) is 43.5 Å². The molecule has 3 heterocycles. The first-order valence-electron chi connectivity index (χ1n) is 16.1. The van der Waals surface area contributed by atoms with Crippen LogP contribution in [0, 0.1) is 27.8 Å². The Kier molecular flexibility index (Phi) is 9.68. The third-order valence-corrected chi connectivity index (χ3v) is 10.5. The zero-order valence-electron chi connectivity index (χ0n) is 26.6. The van der Waals surface area contributed by atoms with E-state index in [1.807, 2.05) is 4.90 Å². The number of nitro groups is 1. The van der Waals surface area contributed by atoms with Gasteiger partial charge in [0.1, 0.15) is 28.4 Å². The number of nitro benzene ring substituents is 1. The van der Waals surface area contributed by atoms with Crippen molar-refractivity contribution >= 4 is 58.0 Å². The van der Waals surface area contributed by atoms with Gasteiger partial charge in [0.15, 0.2) is 0 Å². The van der Waals surface area contributed by atoms with Gasteiger partial charge in [-0.15, -0.1) is 13.2 Å². The number of hydrogen-bond donors (Lipinski definition) is 1. The Balaban J connectivity index is 0.00000464. The van der Waals surface area contributed by atoms with Crippen molar-refractivity contribution in [1.29, 1.82) is 0 Å². The molecule has 7 rings (SSSR count). The first-order valence-corrected chi connectivity index (χ1v) is 16.8. The minimum Gasteiger partial charge on any atom is -0.462 e. The van der Waals surface area contributed by atoms with Gasteiger partial charge in [-0.1, -0.05) is 48.8 Å². The minimum absolute atomic E-state index is 0. The summed E-state index contributed by atoms with van der Waals surface area (Å²) in [6.07, 6.45) is -3.52. The lowest BCUT2D eigenvalue weighted by molar-refractivity contribution is -0.384. The molecule has 0 aromatic heterocycles. The quantitative estimate of drug-likeness (QED) is 0.106. The lowest BCUT2D eigenvalue weighted by atomic mass is 9.70. The van der Waals surface area contributed by atoms with Crippen LogP contribution in [0.5, 0.6) is 5.75 Å². The summed E-state index contributed by atoms with van der Waals surface area (Å²) in [4.78, 5) is 56.4. The number of nitrogens with zero attached hydrogens (tertiary/aromatic N) is 3. The predicted octanol–water partition coefficient (Wildman–Crippen LogP) is 7.83. The van der Waals surface area contributed by atoms with Crippen LogP contribution in [0.4, 0.5) is 34.6 Å². The summed E-state index contributed by atoms with van der Waals surface area (Å²) in [7, 11) is 0. The predicted molar refractivity (Wildman–Crippen MR) is 182 cm³/mol. The lowest BCUT2D eigenvalue weighted by Gasteiger charge is -2.40. The van der Waals surface area contributed by atoms with E-state index in [1.54, 1.807) is 18.2 Å². The number of esters is 1. The Bertz CT molecular complexity index is 1990. The number of carbonyl (C=O) groups is 3. The number of halogens is 6. The molecule has 1 saturated carbocycles. The van der Waals surface area contributed by atoms with Crippen LogP contribution in [0.3, 0.4) is 0 Å². The van der Waals surface area contributed by atoms with E-state index >= 15 is 4.39 Å². The molecule has 0 bridgehead atoms. The van der Waals surface area contributed by atoms with Crippen molar-refractivity contribution in [3.05, 3.63) is 91.2 Å². The lowest BCUT2D eigenvalue weighted by Crippen LogP contribution is -2.54. The first-order chi connectivity index (χ1) is 24.2. The summed E-state index contributed by atoms with van der Waals surface area (Å²) in [5.74, 6) is -7.00. The van der Waals surface area contributed by atoms with E-state index in [1.165, 1.54) is 25.1 Å². The second kappa shape index (κ2) is 13.5. The normalized spacial score (nSPS) is 23.9. The number of piperidine rings is 1. The van der Waals surface area contributed by atoms with Gasteiger partial charge in [0.25, 0.3) is 5.69 Å². The molecule has 1 spiro atoms. The third-order valence-electron chi connectivity index (χ3n) is 10.0. The maximum atomic E-state index is 16.2. The second-order valence-electron chi connectivity index (χ2n) is 12.9. The number of ether oxygens (including phenoxy) is 2. The molecule has 4 atom stereocenters. The van der Waals surface area contributed by atoms with Crippen LogP contribution in [0.1, 0.15) is 61.0 Å². The Morgan fingerprint density at radius 1 is 1.12 bits per heavy atom. The Morgan fingerprint density at radius 3 is 2.50 bits per heavy atom. The molecule has 0 radical (unpaired) electrons. The molecule has 52 heavy (non-hydrogen) atoms. The maximum Gasteiger partial charge on any atom is 0.573 e. The summed E-state index contributed by atoms with van der Waals surface area (Å²) in [6, 6.07) is 9.46. The number of likely N-dealkylation sites (tertiary alicyclic amines) is 1. The number of amides is 2. The summed E-state index contributed by atoms with van der Waals surface area (Å²) in [5, 5.41) is 15.3. The minimum atomic E-state index is -5.33. The van der Waals surface area contributed by atoms with Crippen molar-refractivity contribution < 1.29 is 46.3 Å². The summed E-state index contributed by atoms with van der Waals surface area (Å²) >= 11 is 12.6. The van der Waals surface area contributed by atoms with E-state index in [9.17, 15) is 37.7 Å². The molecule has 0 unspecified atom stereocenters. The molecule has 1 N–H and O–H groups in total. The number of rotatable bonds is 8. The van der Waals surface area contributed by atoms with E-state index in [2.05, 4.69) is 10.1 Å². The SMILES string of the molecule is C.CCOC(=O)c1cc([N+](=O)[O-])c(N2CC[C@H]3[C@@H](C2=O)[C@H](c2cccc(Cl)c2F)[C@]2(C(=O)Nc4cc(Cl)ccc42)N3CC2CC2)cc1OC(F)(F)F. The highest BCUT2D eigenvalue weighted by Crippen LogP contribution is 2.62. The molecule has 3 aromatic carbocycles. The van der Waals surface area contributed by atoms with E-state index in [0.29, 0.717) is 35.0 Å². The summed E-state index contributed by atoms with van der Waals surface area (Å²) in [5.41, 5.74) is -3.25. The van der Waals surface area contributed by atoms with Crippen LogP contribution in [0.2, 0.25) is 10.0 Å². The van der Waals surface area contributed by atoms with Crippen LogP contribution in [0.15, 0.2) is 48.5 Å². The van der Waals surface area contributed by atoms with Gasteiger partial charge in [0.2, 0.25) is 11.8 Å². The first kappa shape index (κ1) is 37.3. The van der Waals surface area contributed by atoms with Gasteiger partial charge in [-0.2, -0.15) is 0 Å². The fourth-order valence-corrected chi connectivity index (χ4v) is 8.32. The molecule has 2 amide bonds. The average molecular weight is 768 g/mol. The van der Waals surface area contributed by atoms with Crippen LogP contribution in [-0.4, -0.2) is 59.7 Å². The number of anilines is 2. The number of nitrogens with one attached hydrogen (secondary N) is 1. The van der Waals surface area contributed by atoms with Gasteiger partial charge >= 0.3 is 12.3 Å². The van der Waals surface area contributed by atoms with Crippen molar-refractivity contribution in [3.8, 4) is 5.75 Å². The zero-order valence-corrected chi connectivity index (χ0v) is 28.1. The standard InChI is InChI=1S/C34H28Cl2F4N4O7.CH4/c1-2-50-31(46)19-13-25(44(48)49)24(14-26(19)51-34(38,39)40)42-11-10-23-27(30(42)45)28(18-4-3-5-21(36)29(18)37)33(43(23)15-16-6-7-16)20-9-8-17(35)12-22(20)41-32(33)47;/h3-5,8-9,12-14,16,23,27-28H,2,6-7,10-11,15H2,1H3,(H,41,47);1H4/t23-,27+,28-,33+;/m0./s1. The molecule has 2 saturated heterocycles. The van der Waals surface area contributed by atoms with E-state index in [0.717, 1.165) is 17.7 Å². The summed E-state index contributed by atoms with van der Waals surface area (Å²) in [6.45, 7) is 1.27. The van der Waals surface area contributed by atoms with Gasteiger partial charge in [-0.3, -0.25) is 24.6 Å². The molecule has 1 aliphatic carbocycles. The van der Waals surface area contributed by atoms with Crippen LogP contribution in [0.25, 0.3) is 0 Å². The smallest absolute Gasteiger partial charge is 0.462 e. The molecule has 3 aliphatic heterocycles. The zero-order chi connectivity index (χ0) is 36.6. The van der Waals surface area contributed by atoms with Crippen molar-refractivity contribution in [1.82, 2.24) is 4.90 Å². The van der Waals surface area contributed by atoms with Crippen molar-refractivity contribution in [3.63, 3.8) is 0 Å². The van der Waals surface area contributed by atoms with Crippen LogP contribution < -0.4 is 15.0 Å². The molecule has 17 heteroatoms. The molecule has 11 nitrogen and oxygen atoms in total. The second-order valence-corrected chi connectivity index (χ2v) is 13.7. The van der Waals surface area contributed by atoms with Crippen molar-refractivity contribution in [2.45, 2.75) is 57.5 Å². The van der Waals surface area contributed by atoms with Crippen LogP contribution >= 0.6 is 23.2 Å². The highest BCUT2D eigenvalue weighted by molar-refractivity contribution is 6.31. The number of alkyl halides is 3. The highest BCUT2D eigenvalue weighted by Gasteiger charge is 2.70. The Morgan fingerprint density at radius 2 is 1.85 bits per heavy atom. The summed E-state index contributed by atoms with van der Waals surface area (Å²) < 4.78 is 65.9. The maximum absolute atomic E-state index is 16.2. The van der Waals surface area contributed by atoms with E-state index in [4.69, 9.17) is 27.9 Å². The Hall–Kier alpha value is -4.47. The van der Waals surface area contributed by atoms with Gasteiger partial charge in [0, 0.05) is 53.5 Å². The Labute approximate surface area is 304 Å². The van der Waals surface area contributed by atoms with E-state index < -0.39 is 81.0 Å². The molecular formula is C35H32Cl2F4N4O7. The van der Waals surface area contributed by atoms with Gasteiger partial charge in [-0.05, 0) is 55.9 Å². The molecule has 3 fully saturated rings. The van der Waals surface area contributed by atoms with Gasteiger partial charge < -0.3 is 19.7 Å². The fourth-order valence-electron chi connectivity index (χ4n) is 7.97. The third kappa shape index (κ3) is 6.01. The number of fused-ring (bicyclic) bond motifs is 3. The number of benzene rings is 3.